The highest BCUT2D eigenvalue weighted by molar-refractivity contribution is 7.98. The van der Waals surface area contributed by atoms with Gasteiger partial charge in [-0.3, -0.25) is 4.90 Å². The van der Waals surface area contributed by atoms with Crippen LogP contribution in [-0.4, -0.2) is 27.3 Å². The Labute approximate surface area is 202 Å². The molecular weight excluding hydrogens is 444 g/mol. The summed E-state index contributed by atoms with van der Waals surface area (Å²) in [6.07, 6.45) is 2.05. The molecule has 2 heterocycles. The summed E-state index contributed by atoms with van der Waals surface area (Å²) in [4.78, 5) is 20.8. The Bertz CT molecular complexity index is 1320. The molecular formula is C27H24N4O2S. The van der Waals surface area contributed by atoms with Crippen LogP contribution >= 0.6 is 11.8 Å². The molecule has 170 valence electrons. The van der Waals surface area contributed by atoms with E-state index < -0.39 is 6.04 Å². The molecule has 5 rings (SSSR count). The number of hydrogen-bond acceptors (Lipinski definition) is 5. The molecule has 0 bridgehead atoms. The highest BCUT2D eigenvalue weighted by atomic mass is 32.2. The van der Waals surface area contributed by atoms with Crippen molar-refractivity contribution in [2.75, 3.05) is 6.26 Å². The summed E-state index contributed by atoms with van der Waals surface area (Å²) < 4.78 is 5.75. The molecule has 6 nitrogen and oxygen atoms in total. The minimum absolute atomic E-state index is 0.160. The fourth-order valence-electron chi connectivity index (χ4n) is 4.10. The van der Waals surface area contributed by atoms with Crippen molar-refractivity contribution in [3.05, 3.63) is 108 Å². The molecule has 0 saturated carbocycles. The average Bonchev–Trinajstić information content (AvgIpc) is 3.37. The van der Waals surface area contributed by atoms with Gasteiger partial charge in [-0.25, -0.2) is 4.79 Å². The number of thioether (sulfide) groups is 1. The van der Waals surface area contributed by atoms with E-state index in [0.717, 1.165) is 28.0 Å². The van der Waals surface area contributed by atoms with Gasteiger partial charge < -0.3 is 9.84 Å². The average molecular weight is 469 g/mol. The zero-order valence-corrected chi connectivity index (χ0v) is 19.8. The van der Waals surface area contributed by atoms with Gasteiger partial charge in [0.15, 0.2) is 0 Å². The van der Waals surface area contributed by atoms with E-state index >= 15 is 0 Å². The Kier molecular flexibility index (Phi) is 6.18. The van der Waals surface area contributed by atoms with Crippen LogP contribution in [0, 0.1) is 0 Å². The van der Waals surface area contributed by atoms with Gasteiger partial charge in [0.1, 0.15) is 0 Å². The number of hydrogen-bond donors (Lipinski definition) is 1. The van der Waals surface area contributed by atoms with Crippen molar-refractivity contribution < 1.29 is 9.32 Å². The quantitative estimate of drug-likeness (QED) is 0.343. The lowest BCUT2D eigenvalue weighted by Crippen LogP contribution is -2.45. The van der Waals surface area contributed by atoms with E-state index in [0.29, 0.717) is 18.3 Å². The maximum absolute atomic E-state index is 13.2. The molecule has 0 fully saturated rings. The molecule has 3 aromatic carbocycles. The third-order valence-electron chi connectivity index (χ3n) is 5.92. The molecule has 1 unspecified atom stereocenters. The van der Waals surface area contributed by atoms with Gasteiger partial charge in [-0.15, -0.1) is 11.8 Å². The molecule has 0 aliphatic carbocycles. The van der Waals surface area contributed by atoms with E-state index in [-0.39, 0.29) is 6.03 Å². The van der Waals surface area contributed by atoms with Gasteiger partial charge >= 0.3 is 6.03 Å². The standard InChI is InChI=1S/C27H24N4O2S/c1-18-23(26-29-25(30-33-26)21-11-7-4-8-12-21)24(20-9-5-3-6-10-20)28-27(32)31(18)17-19-13-15-22(34-2)16-14-19/h3-16,24H,17H2,1-2H3,(H,28,32). The van der Waals surface area contributed by atoms with Crippen LogP contribution in [0.2, 0.25) is 0 Å². The molecule has 0 saturated heterocycles. The molecule has 1 aromatic heterocycles. The third kappa shape index (κ3) is 4.34. The smallest absolute Gasteiger partial charge is 0.322 e. The summed E-state index contributed by atoms with van der Waals surface area (Å²) >= 11 is 1.69. The van der Waals surface area contributed by atoms with Gasteiger partial charge in [0.2, 0.25) is 5.82 Å². The predicted octanol–water partition coefficient (Wildman–Crippen LogP) is 6.16. The molecule has 1 N–H and O–H groups in total. The number of amides is 2. The Morgan fingerprint density at radius 2 is 1.65 bits per heavy atom. The monoisotopic (exact) mass is 468 g/mol. The minimum atomic E-state index is -0.395. The Balaban J connectivity index is 1.57. The van der Waals surface area contributed by atoms with Crippen molar-refractivity contribution in [1.29, 1.82) is 0 Å². The molecule has 1 aliphatic heterocycles. The number of benzene rings is 3. The zero-order chi connectivity index (χ0) is 23.5. The molecule has 34 heavy (non-hydrogen) atoms. The minimum Gasteiger partial charge on any atom is -0.334 e. The highest BCUT2D eigenvalue weighted by Crippen LogP contribution is 2.37. The van der Waals surface area contributed by atoms with Gasteiger partial charge in [-0.1, -0.05) is 78.0 Å². The number of rotatable bonds is 6. The lowest BCUT2D eigenvalue weighted by atomic mass is 9.94. The van der Waals surface area contributed by atoms with Crippen LogP contribution in [0.1, 0.15) is 30.0 Å². The normalized spacial score (nSPS) is 16.0. The van der Waals surface area contributed by atoms with Gasteiger partial charge in [0.05, 0.1) is 18.2 Å². The van der Waals surface area contributed by atoms with Crippen LogP contribution in [0.4, 0.5) is 4.79 Å². The number of urea groups is 1. The molecule has 1 aliphatic rings. The van der Waals surface area contributed by atoms with E-state index in [4.69, 9.17) is 9.51 Å². The molecule has 7 heteroatoms. The summed E-state index contributed by atoms with van der Waals surface area (Å²) in [5, 5.41) is 7.37. The highest BCUT2D eigenvalue weighted by Gasteiger charge is 2.35. The summed E-state index contributed by atoms with van der Waals surface area (Å²) in [7, 11) is 0. The molecule has 4 aromatic rings. The maximum atomic E-state index is 13.2. The maximum Gasteiger partial charge on any atom is 0.322 e. The lowest BCUT2D eigenvalue weighted by Gasteiger charge is -2.35. The van der Waals surface area contributed by atoms with E-state index in [9.17, 15) is 4.79 Å². The van der Waals surface area contributed by atoms with E-state index in [1.807, 2.05) is 73.8 Å². The largest absolute Gasteiger partial charge is 0.334 e. The van der Waals surface area contributed by atoms with Gasteiger partial charge in [-0.05, 0) is 36.4 Å². The van der Waals surface area contributed by atoms with Crippen LogP contribution in [-0.2, 0) is 6.54 Å². The third-order valence-corrected chi connectivity index (χ3v) is 6.66. The van der Waals surface area contributed by atoms with E-state index in [1.54, 1.807) is 16.7 Å². The number of aromatic nitrogens is 2. The molecule has 0 spiro atoms. The number of carbonyl (C=O) groups excluding carboxylic acids is 1. The fourth-order valence-corrected chi connectivity index (χ4v) is 4.50. The second-order valence-corrected chi connectivity index (χ2v) is 8.90. The van der Waals surface area contributed by atoms with Gasteiger partial charge in [-0.2, -0.15) is 4.98 Å². The first-order chi connectivity index (χ1) is 16.6. The van der Waals surface area contributed by atoms with Crippen molar-refractivity contribution in [2.24, 2.45) is 0 Å². The van der Waals surface area contributed by atoms with Crippen LogP contribution in [0.5, 0.6) is 0 Å². The van der Waals surface area contributed by atoms with Crippen LogP contribution in [0.15, 0.2) is 100 Å². The van der Waals surface area contributed by atoms with Crippen molar-refractivity contribution in [1.82, 2.24) is 20.4 Å². The fraction of sp³-hybridized carbons (Fsp3) is 0.148. The molecule has 2 amide bonds. The van der Waals surface area contributed by atoms with Crippen molar-refractivity contribution in [3.8, 4) is 11.4 Å². The van der Waals surface area contributed by atoms with Crippen LogP contribution in [0.25, 0.3) is 17.0 Å². The first-order valence-electron chi connectivity index (χ1n) is 11.0. The topological polar surface area (TPSA) is 71.3 Å². The molecule has 1 atom stereocenters. The first kappa shape index (κ1) is 22.0. The first-order valence-corrected chi connectivity index (χ1v) is 12.2. The predicted molar refractivity (Wildman–Crippen MR) is 134 cm³/mol. The summed E-state index contributed by atoms with van der Waals surface area (Å²) in [5.41, 5.74) is 4.45. The summed E-state index contributed by atoms with van der Waals surface area (Å²) in [6, 6.07) is 27.2. The number of carbonyl (C=O) groups is 1. The lowest BCUT2D eigenvalue weighted by molar-refractivity contribution is 0.203. The SMILES string of the molecule is CSc1ccc(CN2C(=O)NC(c3ccccc3)C(c3nc(-c4ccccc4)no3)=C2C)cc1. The Hall–Kier alpha value is -3.84. The van der Waals surface area contributed by atoms with Crippen LogP contribution < -0.4 is 5.32 Å². The summed E-state index contributed by atoms with van der Waals surface area (Å²) in [6.45, 7) is 2.38. The number of allylic oxidation sites excluding steroid dienone is 1. The zero-order valence-electron chi connectivity index (χ0n) is 18.9. The van der Waals surface area contributed by atoms with Gasteiger partial charge in [0.25, 0.3) is 5.89 Å². The van der Waals surface area contributed by atoms with Crippen molar-refractivity contribution in [2.45, 2.75) is 24.4 Å². The van der Waals surface area contributed by atoms with Crippen molar-refractivity contribution >= 4 is 23.4 Å². The van der Waals surface area contributed by atoms with E-state index in [1.165, 1.54) is 4.90 Å². The molecule has 0 radical (unpaired) electrons. The second-order valence-electron chi connectivity index (χ2n) is 8.02. The number of nitrogens with one attached hydrogen (secondary N) is 1. The number of nitrogens with zero attached hydrogens (tertiary/aromatic N) is 3. The Morgan fingerprint density at radius 1 is 0.971 bits per heavy atom. The Morgan fingerprint density at radius 3 is 2.32 bits per heavy atom. The van der Waals surface area contributed by atoms with E-state index in [2.05, 4.69) is 34.7 Å². The van der Waals surface area contributed by atoms with Crippen molar-refractivity contribution in [3.63, 3.8) is 0 Å². The van der Waals surface area contributed by atoms with Gasteiger partial charge in [0, 0.05) is 16.2 Å². The summed E-state index contributed by atoms with van der Waals surface area (Å²) in [5.74, 6) is 0.909. The van der Waals surface area contributed by atoms with Crippen LogP contribution in [0.3, 0.4) is 0 Å². The second kappa shape index (κ2) is 9.57.